The second-order valence-corrected chi connectivity index (χ2v) is 6.43. The van der Waals surface area contributed by atoms with Crippen molar-refractivity contribution >= 4 is 29.9 Å². The molecule has 1 fully saturated rings. The van der Waals surface area contributed by atoms with Gasteiger partial charge in [-0.15, -0.1) is 24.0 Å². The fourth-order valence-corrected chi connectivity index (χ4v) is 2.93. The van der Waals surface area contributed by atoms with E-state index in [2.05, 4.69) is 41.4 Å². The Labute approximate surface area is 163 Å². The molecule has 1 aromatic heterocycles. The van der Waals surface area contributed by atoms with Crippen molar-refractivity contribution in [1.82, 2.24) is 25.3 Å². The lowest BCUT2D eigenvalue weighted by molar-refractivity contribution is 0.167. The van der Waals surface area contributed by atoms with Gasteiger partial charge in [0.2, 0.25) is 0 Å². The first kappa shape index (κ1) is 21.2. The normalized spacial score (nSPS) is 16.9. The van der Waals surface area contributed by atoms with E-state index in [1.54, 1.807) is 0 Å². The van der Waals surface area contributed by atoms with Crippen LogP contribution in [-0.2, 0) is 6.54 Å². The fourth-order valence-electron chi connectivity index (χ4n) is 2.93. The molecule has 0 aromatic carbocycles. The number of guanidine groups is 1. The molecular formula is C17H33IN6. The maximum absolute atomic E-state index is 4.70. The SMILES string of the molecule is CCNC(=NCCCn1cccn1)NC1CCN(C(C)C)CC1.I. The molecule has 0 aliphatic carbocycles. The zero-order chi connectivity index (χ0) is 16.5. The van der Waals surface area contributed by atoms with Crippen molar-refractivity contribution in [2.45, 2.75) is 58.7 Å². The molecule has 1 saturated heterocycles. The quantitative estimate of drug-likeness (QED) is 0.291. The van der Waals surface area contributed by atoms with Crippen LogP contribution in [0.25, 0.3) is 0 Å². The van der Waals surface area contributed by atoms with Crippen LogP contribution in [0.1, 0.15) is 40.0 Å². The summed E-state index contributed by atoms with van der Waals surface area (Å²) in [5, 5.41) is 11.2. The Morgan fingerprint density at radius 1 is 1.33 bits per heavy atom. The summed E-state index contributed by atoms with van der Waals surface area (Å²) in [5.74, 6) is 0.955. The topological polar surface area (TPSA) is 57.5 Å². The molecule has 0 amide bonds. The predicted molar refractivity (Wildman–Crippen MR) is 111 cm³/mol. The molecule has 0 bridgehead atoms. The smallest absolute Gasteiger partial charge is 0.191 e. The third-order valence-corrected chi connectivity index (χ3v) is 4.32. The molecule has 0 spiro atoms. The molecule has 1 aromatic rings. The highest BCUT2D eigenvalue weighted by molar-refractivity contribution is 14.0. The van der Waals surface area contributed by atoms with Crippen molar-refractivity contribution in [2.24, 2.45) is 4.99 Å². The number of hydrogen-bond acceptors (Lipinski definition) is 3. The van der Waals surface area contributed by atoms with Gasteiger partial charge in [-0.1, -0.05) is 0 Å². The van der Waals surface area contributed by atoms with Gasteiger partial charge in [-0.3, -0.25) is 9.67 Å². The van der Waals surface area contributed by atoms with Gasteiger partial charge in [0, 0.05) is 57.2 Å². The van der Waals surface area contributed by atoms with Crippen LogP contribution in [0.2, 0.25) is 0 Å². The summed E-state index contributed by atoms with van der Waals surface area (Å²) < 4.78 is 1.96. The van der Waals surface area contributed by atoms with Crippen LogP contribution >= 0.6 is 24.0 Å². The average molecular weight is 448 g/mol. The summed E-state index contributed by atoms with van der Waals surface area (Å²) in [5.41, 5.74) is 0. The van der Waals surface area contributed by atoms with Crippen LogP contribution in [0.4, 0.5) is 0 Å². The summed E-state index contributed by atoms with van der Waals surface area (Å²) in [6, 6.07) is 3.15. The number of aliphatic imine (C=N–C) groups is 1. The number of likely N-dealkylation sites (tertiary alicyclic amines) is 1. The van der Waals surface area contributed by atoms with E-state index in [-0.39, 0.29) is 24.0 Å². The molecule has 7 heteroatoms. The minimum absolute atomic E-state index is 0. The van der Waals surface area contributed by atoms with Gasteiger partial charge in [0.05, 0.1) is 0 Å². The van der Waals surface area contributed by atoms with Crippen molar-refractivity contribution in [3.05, 3.63) is 18.5 Å². The molecular weight excluding hydrogens is 415 g/mol. The van der Waals surface area contributed by atoms with Crippen molar-refractivity contribution in [1.29, 1.82) is 0 Å². The average Bonchev–Trinajstić information content (AvgIpc) is 3.05. The Kier molecular flexibility index (Phi) is 10.3. The first-order chi connectivity index (χ1) is 11.2. The van der Waals surface area contributed by atoms with Crippen LogP contribution in [0.3, 0.4) is 0 Å². The van der Waals surface area contributed by atoms with Gasteiger partial charge in [0.1, 0.15) is 0 Å². The Hall–Kier alpha value is -0.830. The molecule has 24 heavy (non-hydrogen) atoms. The zero-order valence-corrected chi connectivity index (χ0v) is 17.6. The molecule has 6 nitrogen and oxygen atoms in total. The molecule has 2 heterocycles. The highest BCUT2D eigenvalue weighted by atomic mass is 127. The highest BCUT2D eigenvalue weighted by Gasteiger charge is 2.21. The van der Waals surface area contributed by atoms with Crippen molar-refractivity contribution in [2.75, 3.05) is 26.2 Å². The number of aromatic nitrogens is 2. The van der Waals surface area contributed by atoms with Gasteiger partial charge in [0.25, 0.3) is 0 Å². The number of rotatable bonds is 7. The number of piperidine rings is 1. The lowest BCUT2D eigenvalue weighted by atomic mass is 10.0. The van der Waals surface area contributed by atoms with E-state index in [4.69, 9.17) is 4.99 Å². The second-order valence-electron chi connectivity index (χ2n) is 6.43. The Bertz CT molecular complexity index is 452. The molecule has 0 saturated carbocycles. The van der Waals surface area contributed by atoms with E-state index < -0.39 is 0 Å². The van der Waals surface area contributed by atoms with Gasteiger partial charge < -0.3 is 15.5 Å². The van der Waals surface area contributed by atoms with Gasteiger partial charge >= 0.3 is 0 Å². The van der Waals surface area contributed by atoms with E-state index in [0.29, 0.717) is 12.1 Å². The summed E-state index contributed by atoms with van der Waals surface area (Å²) in [4.78, 5) is 7.25. The second kappa shape index (κ2) is 11.7. The zero-order valence-electron chi connectivity index (χ0n) is 15.2. The van der Waals surface area contributed by atoms with E-state index in [1.807, 2.05) is 23.1 Å². The first-order valence-corrected chi connectivity index (χ1v) is 8.95. The molecule has 138 valence electrons. The van der Waals surface area contributed by atoms with E-state index >= 15 is 0 Å². The predicted octanol–water partition coefficient (Wildman–Crippen LogP) is 2.32. The molecule has 0 radical (unpaired) electrons. The van der Waals surface area contributed by atoms with Gasteiger partial charge in [-0.2, -0.15) is 5.10 Å². The molecule has 1 aliphatic heterocycles. The number of nitrogens with zero attached hydrogens (tertiary/aromatic N) is 4. The molecule has 0 atom stereocenters. The first-order valence-electron chi connectivity index (χ1n) is 8.95. The minimum atomic E-state index is 0. The van der Waals surface area contributed by atoms with Crippen LogP contribution in [0.5, 0.6) is 0 Å². The molecule has 0 unspecified atom stereocenters. The molecule has 2 N–H and O–H groups in total. The summed E-state index contributed by atoms with van der Waals surface area (Å²) in [6.07, 6.45) is 7.20. The maximum atomic E-state index is 4.70. The van der Waals surface area contributed by atoms with E-state index in [9.17, 15) is 0 Å². The van der Waals surface area contributed by atoms with Gasteiger partial charge in [-0.25, -0.2) is 0 Å². The van der Waals surface area contributed by atoms with Crippen LogP contribution in [0.15, 0.2) is 23.5 Å². The highest BCUT2D eigenvalue weighted by Crippen LogP contribution is 2.12. The van der Waals surface area contributed by atoms with Crippen molar-refractivity contribution < 1.29 is 0 Å². The van der Waals surface area contributed by atoms with Crippen LogP contribution in [0, 0.1) is 0 Å². The maximum Gasteiger partial charge on any atom is 0.191 e. The van der Waals surface area contributed by atoms with Crippen LogP contribution in [-0.4, -0.2) is 58.9 Å². The number of aryl methyl sites for hydroxylation is 1. The number of hydrogen-bond donors (Lipinski definition) is 2. The van der Waals surface area contributed by atoms with E-state index in [0.717, 1.165) is 32.0 Å². The minimum Gasteiger partial charge on any atom is -0.357 e. The summed E-state index contributed by atoms with van der Waals surface area (Å²) in [6.45, 7) is 11.7. The number of nitrogens with one attached hydrogen (secondary N) is 2. The van der Waals surface area contributed by atoms with Crippen molar-refractivity contribution in [3.8, 4) is 0 Å². The van der Waals surface area contributed by atoms with Crippen LogP contribution < -0.4 is 10.6 Å². The monoisotopic (exact) mass is 448 g/mol. The lowest BCUT2D eigenvalue weighted by Gasteiger charge is -2.35. The lowest BCUT2D eigenvalue weighted by Crippen LogP contribution is -2.49. The van der Waals surface area contributed by atoms with Gasteiger partial charge in [-0.05, 0) is 46.1 Å². The van der Waals surface area contributed by atoms with Crippen molar-refractivity contribution in [3.63, 3.8) is 0 Å². The Morgan fingerprint density at radius 3 is 2.67 bits per heavy atom. The Morgan fingerprint density at radius 2 is 2.08 bits per heavy atom. The molecule has 2 rings (SSSR count). The third kappa shape index (κ3) is 7.38. The summed E-state index contributed by atoms with van der Waals surface area (Å²) in [7, 11) is 0. The third-order valence-electron chi connectivity index (χ3n) is 4.32. The molecule has 1 aliphatic rings. The largest absolute Gasteiger partial charge is 0.357 e. The van der Waals surface area contributed by atoms with E-state index in [1.165, 1.54) is 25.9 Å². The fraction of sp³-hybridized carbons (Fsp3) is 0.765. The standard InChI is InChI=1S/C17H32N6.HI/c1-4-18-17(19-9-5-11-23-12-6-10-20-23)21-16-7-13-22(14-8-16)15(2)3;/h6,10,12,15-16H,4-5,7-9,11,13-14H2,1-3H3,(H2,18,19,21);1H. The Balaban J connectivity index is 0.00000288. The number of halogens is 1. The van der Waals surface area contributed by atoms with Gasteiger partial charge in [0.15, 0.2) is 5.96 Å². The summed E-state index contributed by atoms with van der Waals surface area (Å²) >= 11 is 0.